The zero-order chi connectivity index (χ0) is 92.4. The first-order valence-electron chi connectivity index (χ1n) is 48.6. The fourth-order valence-electron chi connectivity index (χ4n) is 23.7. The Balaban J connectivity index is 0.000000108. The first-order valence-corrected chi connectivity index (χ1v) is 48.6. The van der Waals surface area contributed by atoms with Crippen molar-refractivity contribution in [1.29, 1.82) is 0 Å². The Hall–Kier alpha value is -18.2. The molecular weight excluding hydrogens is 1690 g/mol. The molecule has 0 fully saturated rings. The minimum atomic E-state index is -0.0720. The van der Waals surface area contributed by atoms with Gasteiger partial charge < -0.3 is 23.2 Å². The topological polar surface area (TPSA) is 23.0 Å². The van der Waals surface area contributed by atoms with Gasteiger partial charge in [0.05, 0.1) is 27.6 Å². The molecule has 4 aliphatic rings. The predicted octanol–water partition coefficient (Wildman–Crippen LogP) is 36.5. The summed E-state index contributed by atoms with van der Waals surface area (Å²) in [5.74, 6) is 0. The Kier molecular flexibility index (Phi) is 18.4. The molecule has 0 bridgehead atoms. The minimum absolute atomic E-state index is 0.0720. The van der Waals surface area contributed by atoms with E-state index < -0.39 is 0 Å². The van der Waals surface area contributed by atoms with E-state index in [-0.39, 0.29) is 5.41 Å². The molecule has 5 nitrogen and oxygen atoms in total. The average Bonchev–Trinajstić information content (AvgIpc) is 1.46. The fourth-order valence-corrected chi connectivity index (χ4v) is 23.7. The molecule has 4 heterocycles. The molecule has 0 unspecified atom stereocenters. The van der Waals surface area contributed by atoms with Gasteiger partial charge in [0.1, 0.15) is 0 Å². The van der Waals surface area contributed by atoms with Gasteiger partial charge >= 0.3 is 0 Å². The van der Waals surface area contributed by atoms with Crippen LogP contribution in [0.25, 0.3) is 243 Å². The largest absolute Gasteiger partial charge is 0.316 e. The Bertz CT molecular complexity index is 9500. The number of rotatable bonds is 9. The van der Waals surface area contributed by atoms with Crippen LogP contribution in [0, 0.1) is 0 Å². The highest BCUT2D eigenvalue weighted by Crippen LogP contribution is 2.57. The quantitative estimate of drug-likeness (QED) is 0.141. The molecule has 0 amide bonds. The molecule has 0 atom stereocenters. The third kappa shape index (κ3) is 12.7. The monoisotopic (exact) mass is 1780 g/mol. The number of aromatic nitrogens is 4. The van der Waals surface area contributed by atoms with E-state index >= 15 is 0 Å². The van der Waals surface area contributed by atoms with Gasteiger partial charge in [-0.05, 0) is 294 Å². The lowest BCUT2D eigenvalue weighted by Gasteiger charge is -2.28. The molecule has 0 aliphatic heterocycles. The van der Waals surface area contributed by atoms with Gasteiger partial charge in [0.25, 0.3) is 0 Å². The predicted molar refractivity (Wildman–Crippen MR) is 589 cm³/mol. The van der Waals surface area contributed by atoms with Crippen LogP contribution in [-0.2, 0) is 5.41 Å². The van der Waals surface area contributed by atoms with Gasteiger partial charge in [-0.15, -0.1) is 0 Å². The number of hydrogen-bond acceptors (Lipinski definition) is 1. The van der Waals surface area contributed by atoms with Gasteiger partial charge in [0, 0.05) is 113 Å². The first-order chi connectivity index (χ1) is 69.2. The highest BCUT2D eigenvalue weighted by Gasteiger charge is 2.37. The van der Waals surface area contributed by atoms with Gasteiger partial charge in [-0.25, -0.2) is 0 Å². The molecule has 4 aliphatic carbocycles. The number of nitrogens with zero attached hydrogens (tertiary/aromatic N) is 5. The SMILES string of the molecule is CC1(C)c2ccccc2-c2ccc(N(c3ccccc3)c3ccc(-c4ccc(-n5cc6c7c(cccc75)-c5ccccc5-c5cc7ccccc7cc5-6)cc4)cc3)cc21.c1ccc(-n2cc3c4c(c5ccccc5cc42)-c2ccccc2-c2ccccc2-3)cc1.c1ccc2c(c1)-c1cc3ccccc3cc1-c1cn(-c3ccc(-c4ccc(-n5c6ccccc6c6ccccc65)cc4)cc3)c3cccc-2c13. The summed E-state index contributed by atoms with van der Waals surface area (Å²) in [5, 5.41) is 14.1. The summed E-state index contributed by atoms with van der Waals surface area (Å²) < 4.78 is 9.47. The second kappa shape index (κ2) is 32.0. The van der Waals surface area contributed by atoms with E-state index in [2.05, 4.69) is 541 Å². The van der Waals surface area contributed by atoms with Crippen LogP contribution in [0.3, 0.4) is 0 Å². The summed E-state index contributed by atoms with van der Waals surface area (Å²) in [4.78, 5) is 2.38. The number of benzene rings is 22. The summed E-state index contributed by atoms with van der Waals surface area (Å²) in [5.41, 5.74) is 47.6. The highest BCUT2D eigenvalue weighted by atomic mass is 15.1. The Labute approximate surface area is 811 Å². The van der Waals surface area contributed by atoms with Crippen LogP contribution in [0.15, 0.2) is 504 Å². The van der Waals surface area contributed by atoms with Crippen LogP contribution in [0.4, 0.5) is 17.1 Å². The molecule has 0 N–H and O–H groups in total. The molecule has 5 heteroatoms. The fraction of sp³-hybridized carbons (Fsp3) is 0.0222. The van der Waals surface area contributed by atoms with Gasteiger partial charge in [-0.2, -0.15) is 0 Å². The van der Waals surface area contributed by atoms with Gasteiger partial charge in [0.2, 0.25) is 0 Å². The van der Waals surface area contributed by atoms with Crippen LogP contribution in [-0.4, -0.2) is 18.3 Å². The van der Waals surface area contributed by atoms with Crippen molar-refractivity contribution in [2.75, 3.05) is 4.90 Å². The van der Waals surface area contributed by atoms with Crippen LogP contribution in [0.5, 0.6) is 0 Å². The Morgan fingerprint density at radius 2 is 0.500 bits per heavy atom. The zero-order valence-electron chi connectivity index (χ0n) is 77.2. The molecule has 0 saturated carbocycles. The van der Waals surface area contributed by atoms with E-state index in [4.69, 9.17) is 0 Å². The molecular formula is C135H89N5. The molecule has 140 heavy (non-hydrogen) atoms. The summed E-state index contributed by atoms with van der Waals surface area (Å²) in [6.07, 6.45) is 7.03. The van der Waals surface area contributed by atoms with Crippen LogP contribution in [0.1, 0.15) is 25.0 Å². The lowest BCUT2D eigenvalue weighted by Crippen LogP contribution is -2.16. The molecule has 22 aromatic carbocycles. The number of hydrogen-bond donors (Lipinski definition) is 0. The van der Waals surface area contributed by atoms with Crippen molar-refractivity contribution >= 4 is 104 Å². The van der Waals surface area contributed by atoms with Gasteiger partial charge in [-0.1, -0.05) is 360 Å². The average molecular weight is 1780 g/mol. The molecule has 4 aromatic heterocycles. The van der Waals surface area contributed by atoms with E-state index in [1.165, 1.54) is 243 Å². The molecule has 654 valence electrons. The van der Waals surface area contributed by atoms with Crippen molar-refractivity contribution < 1.29 is 0 Å². The van der Waals surface area contributed by atoms with Crippen LogP contribution in [0.2, 0.25) is 0 Å². The standard InChI is InChI=1S/C57H40N2.C48H30N2.C30H19N/c1-57(2)53-21-11-10-19-47(53)48-32-31-44(35-54(48)57)59(42-15-4-3-5-16-42)43-29-25-38(26-30-43)37-23-27-41(28-24-37)58-36-52-51-34-40-14-7-6-13-39(40)33-50(51)46-18-9-8-17-45(46)49-20-12-22-55(58)56(49)52;1-2-11-34-29-43-42(28-33(34)10-1)38-13-4-3-12-37(38)41-16-9-19-47-48(41)44(43)30-49(47)35-24-20-31(21-25-35)32-22-26-36(27-23-32)50-45-17-7-5-14-39(45)40-15-6-8-18-46(40)50;1-2-11-21(12-3-1)31-19-27-25-16-7-6-14-23(25)24-15-8-9-17-26(24)29-22-13-5-4-10-20(22)18-28(31)30(27)29/h3-36H,1-2H3;1-30H;1-19H. The van der Waals surface area contributed by atoms with Crippen molar-refractivity contribution in [1.82, 2.24) is 18.3 Å². The highest BCUT2D eigenvalue weighted by molar-refractivity contribution is 6.23. The number of fused-ring (bicyclic) bond motifs is 25. The number of para-hydroxylation sites is 4. The normalized spacial score (nSPS) is 12.4. The van der Waals surface area contributed by atoms with Gasteiger partial charge in [0.15, 0.2) is 0 Å². The molecule has 0 saturated heterocycles. The first kappa shape index (κ1) is 80.3. The third-order valence-corrected chi connectivity index (χ3v) is 30.2. The van der Waals surface area contributed by atoms with Crippen molar-refractivity contribution in [3.05, 3.63) is 515 Å². The van der Waals surface area contributed by atoms with Crippen molar-refractivity contribution in [2.45, 2.75) is 19.3 Å². The molecule has 26 aromatic rings. The van der Waals surface area contributed by atoms with E-state index in [0.29, 0.717) is 0 Å². The second-order valence-electron chi connectivity index (χ2n) is 38.1. The van der Waals surface area contributed by atoms with E-state index in [1.54, 1.807) is 0 Å². The number of anilines is 3. The summed E-state index contributed by atoms with van der Waals surface area (Å²) in [6.45, 7) is 4.70. The Morgan fingerprint density at radius 1 is 0.179 bits per heavy atom. The maximum absolute atomic E-state index is 2.40. The Morgan fingerprint density at radius 3 is 1.00 bits per heavy atom. The van der Waals surface area contributed by atoms with Crippen molar-refractivity contribution in [2.24, 2.45) is 0 Å². The molecule has 0 spiro atoms. The maximum atomic E-state index is 2.40. The third-order valence-electron chi connectivity index (χ3n) is 30.2. The zero-order valence-corrected chi connectivity index (χ0v) is 77.2. The van der Waals surface area contributed by atoms with Crippen LogP contribution < -0.4 is 4.90 Å². The van der Waals surface area contributed by atoms with Crippen molar-refractivity contribution in [3.63, 3.8) is 0 Å². The lowest BCUT2D eigenvalue weighted by molar-refractivity contribution is 0.660. The van der Waals surface area contributed by atoms with E-state index in [9.17, 15) is 0 Å². The molecule has 30 rings (SSSR count). The lowest BCUT2D eigenvalue weighted by atomic mass is 9.82. The van der Waals surface area contributed by atoms with Crippen LogP contribution >= 0.6 is 0 Å². The summed E-state index contributed by atoms with van der Waals surface area (Å²) in [6, 6.07) is 178. The van der Waals surface area contributed by atoms with Gasteiger partial charge in [-0.3, -0.25) is 0 Å². The van der Waals surface area contributed by atoms with Crippen molar-refractivity contribution in [3.8, 4) is 156 Å². The van der Waals surface area contributed by atoms with E-state index in [1.807, 2.05) is 0 Å². The molecule has 0 radical (unpaired) electrons. The summed E-state index contributed by atoms with van der Waals surface area (Å²) in [7, 11) is 0. The smallest absolute Gasteiger partial charge is 0.0547 e. The minimum Gasteiger partial charge on any atom is -0.316 e. The summed E-state index contributed by atoms with van der Waals surface area (Å²) >= 11 is 0. The van der Waals surface area contributed by atoms with E-state index in [0.717, 1.165) is 28.4 Å². The maximum Gasteiger partial charge on any atom is 0.0547 e. The second-order valence-corrected chi connectivity index (χ2v) is 38.1.